The van der Waals surface area contributed by atoms with Crippen molar-refractivity contribution in [2.75, 3.05) is 0 Å². The summed E-state index contributed by atoms with van der Waals surface area (Å²) in [5.41, 5.74) is 8.59. The van der Waals surface area contributed by atoms with Crippen LogP contribution in [0.15, 0.2) is 22.8 Å². The predicted octanol–water partition coefficient (Wildman–Crippen LogP) is 2.77. The summed E-state index contributed by atoms with van der Waals surface area (Å²) < 4.78 is 2.92. The largest absolute Gasteiger partial charge is 0.321 e. The van der Waals surface area contributed by atoms with E-state index in [9.17, 15) is 0 Å². The van der Waals surface area contributed by atoms with Gasteiger partial charge in [0.1, 0.15) is 4.60 Å². The van der Waals surface area contributed by atoms with E-state index in [2.05, 4.69) is 46.2 Å². The quantitative estimate of drug-likeness (QED) is 0.919. The Bertz CT molecular complexity index is 555. The summed E-state index contributed by atoms with van der Waals surface area (Å²) in [4.78, 5) is 0. The van der Waals surface area contributed by atoms with Crippen molar-refractivity contribution < 1.29 is 0 Å². The maximum Gasteiger partial charge on any atom is 0.136 e. The minimum atomic E-state index is -0.108. The molecule has 84 valence electrons. The Morgan fingerprint density at radius 3 is 2.88 bits per heavy atom. The Hall–Kier alpha value is -0.870. The van der Waals surface area contributed by atoms with Gasteiger partial charge in [0, 0.05) is 17.5 Å². The summed E-state index contributed by atoms with van der Waals surface area (Å²) in [5, 5.41) is 5.67. The topological polar surface area (TPSA) is 43.8 Å². The third-order valence-electron chi connectivity index (χ3n) is 3.36. The average molecular weight is 280 g/mol. The second-order valence-corrected chi connectivity index (χ2v) is 5.21. The van der Waals surface area contributed by atoms with Crippen molar-refractivity contribution in [1.29, 1.82) is 0 Å². The van der Waals surface area contributed by atoms with E-state index in [1.807, 2.05) is 4.68 Å². The number of benzene rings is 1. The van der Waals surface area contributed by atoms with Crippen molar-refractivity contribution in [1.82, 2.24) is 9.78 Å². The van der Waals surface area contributed by atoms with E-state index < -0.39 is 0 Å². The van der Waals surface area contributed by atoms with Crippen LogP contribution in [0.4, 0.5) is 0 Å². The zero-order valence-electron chi connectivity index (χ0n) is 9.20. The molecule has 1 aliphatic carbocycles. The van der Waals surface area contributed by atoms with Crippen molar-refractivity contribution >= 4 is 26.8 Å². The maximum absolute atomic E-state index is 6.30. The van der Waals surface area contributed by atoms with Gasteiger partial charge in [0.05, 0.1) is 5.52 Å². The summed E-state index contributed by atoms with van der Waals surface area (Å²) in [6.45, 7) is 2.98. The molecule has 1 heterocycles. The first kappa shape index (κ1) is 10.3. The first-order valence-electron chi connectivity index (χ1n) is 5.60. The van der Waals surface area contributed by atoms with Crippen molar-refractivity contribution in [3.05, 3.63) is 28.4 Å². The number of nitrogens with two attached hydrogens (primary N) is 1. The van der Waals surface area contributed by atoms with Gasteiger partial charge in [0.25, 0.3) is 0 Å². The number of fused-ring (bicyclic) bond motifs is 1. The molecule has 0 amide bonds. The number of aromatic nitrogens is 2. The minimum absolute atomic E-state index is 0.108. The van der Waals surface area contributed by atoms with Crippen LogP contribution in [-0.4, -0.2) is 9.78 Å². The zero-order valence-corrected chi connectivity index (χ0v) is 10.8. The van der Waals surface area contributed by atoms with Gasteiger partial charge in [-0.05, 0) is 47.3 Å². The average Bonchev–Trinajstić information content (AvgIpc) is 2.95. The van der Waals surface area contributed by atoms with E-state index in [1.54, 1.807) is 0 Å². The molecule has 1 aliphatic rings. The first-order chi connectivity index (χ1) is 7.65. The summed E-state index contributed by atoms with van der Waals surface area (Å²) in [6.07, 6.45) is 2.16. The fraction of sp³-hybridized carbons (Fsp3) is 0.417. The van der Waals surface area contributed by atoms with Crippen LogP contribution < -0.4 is 5.73 Å². The lowest BCUT2D eigenvalue weighted by Gasteiger charge is -2.10. The van der Waals surface area contributed by atoms with Gasteiger partial charge in [-0.25, -0.2) is 0 Å². The molecular weight excluding hydrogens is 266 g/mol. The summed E-state index contributed by atoms with van der Waals surface area (Å²) in [7, 11) is 0. The predicted molar refractivity (Wildman–Crippen MR) is 68.2 cm³/mol. The van der Waals surface area contributed by atoms with E-state index in [-0.39, 0.29) is 5.54 Å². The highest BCUT2D eigenvalue weighted by atomic mass is 79.9. The third-order valence-corrected chi connectivity index (χ3v) is 3.92. The highest BCUT2D eigenvalue weighted by molar-refractivity contribution is 9.10. The van der Waals surface area contributed by atoms with E-state index in [4.69, 9.17) is 5.73 Å². The van der Waals surface area contributed by atoms with E-state index in [0.29, 0.717) is 0 Å². The van der Waals surface area contributed by atoms with Crippen LogP contribution in [-0.2, 0) is 12.1 Å². The number of halogens is 1. The standard InChI is InChI=1S/C12H14BrN3/c1-2-16-9-5-3-4-8(12(14)6-7-12)10(9)11(13)15-16/h3-5H,2,6-7,14H2,1H3. The van der Waals surface area contributed by atoms with Gasteiger partial charge in [-0.15, -0.1) is 0 Å². The van der Waals surface area contributed by atoms with Gasteiger partial charge >= 0.3 is 0 Å². The maximum atomic E-state index is 6.30. The Morgan fingerprint density at radius 2 is 2.25 bits per heavy atom. The van der Waals surface area contributed by atoms with Gasteiger partial charge in [0.2, 0.25) is 0 Å². The van der Waals surface area contributed by atoms with Gasteiger partial charge < -0.3 is 5.73 Å². The smallest absolute Gasteiger partial charge is 0.136 e. The van der Waals surface area contributed by atoms with Gasteiger partial charge in [0.15, 0.2) is 0 Å². The van der Waals surface area contributed by atoms with Crippen LogP contribution in [0.3, 0.4) is 0 Å². The van der Waals surface area contributed by atoms with Crippen molar-refractivity contribution in [3.63, 3.8) is 0 Å². The molecule has 1 aromatic heterocycles. The van der Waals surface area contributed by atoms with E-state index in [0.717, 1.165) is 24.0 Å². The van der Waals surface area contributed by atoms with Crippen LogP contribution >= 0.6 is 15.9 Å². The molecule has 0 radical (unpaired) electrons. The van der Waals surface area contributed by atoms with Crippen molar-refractivity contribution in [3.8, 4) is 0 Å². The molecule has 0 bridgehead atoms. The second kappa shape index (κ2) is 3.31. The van der Waals surface area contributed by atoms with E-state index in [1.165, 1.54) is 16.5 Å². The molecule has 4 heteroatoms. The first-order valence-corrected chi connectivity index (χ1v) is 6.39. The SMILES string of the molecule is CCn1nc(Br)c2c(C3(N)CC3)cccc21. The molecule has 1 saturated carbocycles. The Morgan fingerprint density at radius 1 is 1.50 bits per heavy atom. The number of hydrogen-bond acceptors (Lipinski definition) is 2. The Kier molecular flexibility index (Phi) is 2.13. The van der Waals surface area contributed by atoms with Gasteiger partial charge in [-0.2, -0.15) is 5.10 Å². The number of aryl methyl sites for hydroxylation is 1. The second-order valence-electron chi connectivity index (χ2n) is 4.46. The van der Waals surface area contributed by atoms with Crippen LogP contribution in [0.5, 0.6) is 0 Å². The molecule has 0 spiro atoms. The molecule has 0 atom stereocenters. The van der Waals surface area contributed by atoms with Crippen molar-refractivity contribution in [2.24, 2.45) is 5.73 Å². The molecule has 3 rings (SSSR count). The lowest BCUT2D eigenvalue weighted by atomic mass is 10.0. The lowest BCUT2D eigenvalue weighted by Crippen LogP contribution is -2.18. The normalized spacial score (nSPS) is 17.9. The van der Waals surface area contributed by atoms with Crippen LogP contribution in [0, 0.1) is 0 Å². The molecule has 0 unspecified atom stereocenters. The highest BCUT2D eigenvalue weighted by Gasteiger charge is 2.41. The van der Waals surface area contributed by atoms with Gasteiger partial charge in [-0.3, -0.25) is 4.68 Å². The number of hydrogen-bond donors (Lipinski definition) is 1. The number of nitrogens with zero attached hydrogens (tertiary/aromatic N) is 2. The van der Waals surface area contributed by atoms with Crippen LogP contribution in [0.2, 0.25) is 0 Å². The minimum Gasteiger partial charge on any atom is -0.321 e. The molecule has 0 aliphatic heterocycles. The Labute approximate surface area is 103 Å². The van der Waals surface area contributed by atoms with Crippen LogP contribution in [0.1, 0.15) is 25.3 Å². The molecule has 1 aromatic carbocycles. The molecular formula is C12H14BrN3. The van der Waals surface area contributed by atoms with E-state index >= 15 is 0 Å². The molecule has 1 fully saturated rings. The third kappa shape index (κ3) is 1.33. The van der Waals surface area contributed by atoms with Crippen molar-refractivity contribution in [2.45, 2.75) is 31.8 Å². The van der Waals surface area contributed by atoms with Gasteiger partial charge in [-0.1, -0.05) is 12.1 Å². The Balaban J connectivity index is 2.34. The summed E-state index contributed by atoms with van der Waals surface area (Å²) in [5.74, 6) is 0. The molecule has 16 heavy (non-hydrogen) atoms. The zero-order chi connectivity index (χ0) is 11.3. The molecule has 2 N–H and O–H groups in total. The molecule has 3 nitrogen and oxygen atoms in total. The highest BCUT2D eigenvalue weighted by Crippen LogP contribution is 2.46. The summed E-state index contributed by atoms with van der Waals surface area (Å²) >= 11 is 3.54. The lowest BCUT2D eigenvalue weighted by molar-refractivity contribution is 0.678. The fourth-order valence-corrected chi connectivity index (χ4v) is 2.85. The monoisotopic (exact) mass is 279 g/mol. The number of rotatable bonds is 2. The summed E-state index contributed by atoms with van der Waals surface area (Å²) in [6, 6.07) is 6.30. The van der Waals surface area contributed by atoms with Crippen LogP contribution in [0.25, 0.3) is 10.9 Å². The molecule has 0 saturated heterocycles. The fourth-order valence-electron chi connectivity index (χ4n) is 2.24. The molecule has 2 aromatic rings.